The molecule has 18 heavy (non-hydrogen) atoms. The van der Waals surface area contributed by atoms with Gasteiger partial charge in [-0.3, -0.25) is 0 Å². The SMILES string of the molecule is CCCNC(=O)Nc1ccc(CC(N)=NO)cc1. The van der Waals surface area contributed by atoms with E-state index in [2.05, 4.69) is 15.8 Å². The van der Waals surface area contributed by atoms with Crippen LogP contribution in [0, 0.1) is 0 Å². The predicted molar refractivity (Wildman–Crippen MR) is 70.9 cm³/mol. The van der Waals surface area contributed by atoms with E-state index in [-0.39, 0.29) is 11.9 Å². The Hall–Kier alpha value is -2.24. The summed E-state index contributed by atoms with van der Waals surface area (Å²) in [5, 5.41) is 16.8. The third-order valence-corrected chi connectivity index (χ3v) is 2.26. The first-order valence-corrected chi connectivity index (χ1v) is 5.76. The highest BCUT2D eigenvalue weighted by Crippen LogP contribution is 2.09. The first-order chi connectivity index (χ1) is 8.65. The second-order valence-electron chi connectivity index (χ2n) is 3.85. The molecule has 2 amide bonds. The molecule has 0 radical (unpaired) electrons. The molecular formula is C12H18N4O2. The number of nitrogens with two attached hydrogens (primary N) is 1. The number of oxime groups is 1. The lowest BCUT2D eigenvalue weighted by molar-refractivity contribution is 0.252. The van der Waals surface area contributed by atoms with Crippen LogP contribution in [0.2, 0.25) is 0 Å². The number of benzene rings is 1. The van der Waals surface area contributed by atoms with Crippen LogP contribution in [0.3, 0.4) is 0 Å². The maximum absolute atomic E-state index is 11.4. The molecule has 0 aliphatic rings. The number of nitrogens with zero attached hydrogens (tertiary/aromatic N) is 1. The molecule has 5 N–H and O–H groups in total. The third kappa shape index (κ3) is 4.73. The van der Waals surface area contributed by atoms with Gasteiger partial charge in [-0.25, -0.2) is 4.79 Å². The van der Waals surface area contributed by atoms with E-state index in [0.29, 0.717) is 18.7 Å². The first-order valence-electron chi connectivity index (χ1n) is 5.76. The highest BCUT2D eigenvalue weighted by atomic mass is 16.4. The van der Waals surface area contributed by atoms with E-state index in [9.17, 15) is 4.79 Å². The van der Waals surface area contributed by atoms with Crippen LogP contribution >= 0.6 is 0 Å². The van der Waals surface area contributed by atoms with Crippen LogP contribution in [0.1, 0.15) is 18.9 Å². The Morgan fingerprint density at radius 3 is 2.61 bits per heavy atom. The molecular weight excluding hydrogens is 232 g/mol. The van der Waals surface area contributed by atoms with Crippen molar-refractivity contribution in [3.8, 4) is 0 Å². The van der Waals surface area contributed by atoms with Crippen molar-refractivity contribution in [3.63, 3.8) is 0 Å². The Labute approximate surface area is 106 Å². The van der Waals surface area contributed by atoms with E-state index < -0.39 is 0 Å². The molecule has 0 saturated carbocycles. The molecule has 0 spiro atoms. The van der Waals surface area contributed by atoms with E-state index in [1.165, 1.54) is 0 Å². The van der Waals surface area contributed by atoms with Crippen molar-refractivity contribution in [1.29, 1.82) is 0 Å². The topological polar surface area (TPSA) is 99.7 Å². The van der Waals surface area contributed by atoms with E-state index >= 15 is 0 Å². The molecule has 98 valence electrons. The van der Waals surface area contributed by atoms with Gasteiger partial charge in [0, 0.05) is 18.7 Å². The Bertz CT molecular complexity index is 415. The summed E-state index contributed by atoms with van der Waals surface area (Å²) < 4.78 is 0. The fraction of sp³-hybridized carbons (Fsp3) is 0.333. The van der Waals surface area contributed by atoms with Crippen molar-refractivity contribution in [2.45, 2.75) is 19.8 Å². The average molecular weight is 250 g/mol. The van der Waals surface area contributed by atoms with Crippen molar-refractivity contribution in [1.82, 2.24) is 5.32 Å². The standard InChI is InChI=1S/C12H18N4O2/c1-2-7-14-12(17)15-10-5-3-9(4-6-10)8-11(13)16-18/h3-6,18H,2,7-8H2,1H3,(H2,13,16)(H2,14,15,17). The van der Waals surface area contributed by atoms with Crippen molar-refractivity contribution in [3.05, 3.63) is 29.8 Å². The van der Waals surface area contributed by atoms with Crippen LogP contribution in [0.25, 0.3) is 0 Å². The van der Waals surface area contributed by atoms with Gasteiger partial charge < -0.3 is 21.6 Å². The van der Waals surface area contributed by atoms with Crippen molar-refractivity contribution in [2.24, 2.45) is 10.9 Å². The second-order valence-corrected chi connectivity index (χ2v) is 3.85. The highest BCUT2D eigenvalue weighted by Gasteiger charge is 2.01. The summed E-state index contributed by atoms with van der Waals surface area (Å²) in [6, 6.07) is 6.94. The van der Waals surface area contributed by atoms with Gasteiger partial charge in [0.2, 0.25) is 0 Å². The summed E-state index contributed by atoms with van der Waals surface area (Å²) in [7, 11) is 0. The molecule has 0 heterocycles. The lowest BCUT2D eigenvalue weighted by atomic mass is 10.1. The number of amides is 2. The van der Waals surface area contributed by atoms with Gasteiger partial charge in [0.25, 0.3) is 0 Å². The van der Waals surface area contributed by atoms with Gasteiger partial charge in [-0.2, -0.15) is 0 Å². The van der Waals surface area contributed by atoms with Crippen molar-refractivity contribution in [2.75, 3.05) is 11.9 Å². The van der Waals surface area contributed by atoms with Gasteiger partial charge in [-0.05, 0) is 24.1 Å². The second kappa shape index (κ2) is 7.16. The maximum atomic E-state index is 11.4. The minimum atomic E-state index is -0.221. The number of rotatable bonds is 5. The molecule has 0 fully saturated rings. The highest BCUT2D eigenvalue weighted by molar-refractivity contribution is 5.89. The van der Waals surface area contributed by atoms with Gasteiger partial charge >= 0.3 is 6.03 Å². The zero-order valence-electron chi connectivity index (χ0n) is 10.3. The smallest absolute Gasteiger partial charge is 0.319 e. The van der Waals surface area contributed by atoms with Gasteiger partial charge in [0.05, 0.1) is 0 Å². The molecule has 1 aromatic carbocycles. The number of amidine groups is 1. The zero-order chi connectivity index (χ0) is 13.4. The third-order valence-electron chi connectivity index (χ3n) is 2.26. The van der Waals surface area contributed by atoms with Crippen LogP contribution in [0.15, 0.2) is 29.4 Å². The number of hydrogen-bond donors (Lipinski definition) is 4. The number of carbonyl (C=O) groups is 1. The number of anilines is 1. The maximum Gasteiger partial charge on any atom is 0.319 e. The molecule has 0 aromatic heterocycles. The van der Waals surface area contributed by atoms with E-state index in [0.717, 1.165) is 12.0 Å². The molecule has 6 heteroatoms. The monoisotopic (exact) mass is 250 g/mol. The fourth-order valence-corrected chi connectivity index (χ4v) is 1.36. The minimum Gasteiger partial charge on any atom is -0.409 e. The van der Waals surface area contributed by atoms with Gasteiger partial charge in [0.1, 0.15) is 5.84 Å². The Morgan fingerprint density at radius 2 is 2.06 bits per heavy atom. The average Bonchev–Trinajstić information content (AvgIpc) is 2.38. The molecule has 0 aliphatic heterocycles. The molecule has 0 unspecified atom stereocenters. The Balaban J connectivity index is 2.52. The van der Waals surface area contributed by atoms with Gasteiger partial charge in [-0.15, -0.1) is 0 Å². The predicted octanol–water partition coefficient (Wildman–Crippen LogP) is 1.51. The Kier molecular flexibility index (Phi) is 5.50. The van der Waals surface area contributed by atoms with Crippen LogP contribution in [0.5, 0.6) is 0 Å². The van der Waals surface area contributed by atoms with E-state index in [4.69, 9.17) is 10.9 Å². The lowest BCUT2D eigenvalue weighted by Crippen LogP contribution is -2.29. The summed E-state index contributed by atoms with van der Waals surface area (Å²) >= 11 is 0. The summed E-state index contributed by atoms with van der Waals surface area (Å²) in [6.07, 6.45) is 1.27. The van der Waals surface area contributed by atoms with Gasteiger partial charge in [-0.1, -0.05) is 24.2 Å². The normalized spacial score (nSPS) is 11.1. The van der Waals surface area contributed by atoms with Crippen LogP contribution in [-0.4, -0.2) is 23.6 Å². The lowest BCUT2D eigenvalue weighted by Gasteiger charge is -2.07. The molecule has 0 saturated heterocycles. The molecule has 1 aromatic rings. The molecule has 0 bridgehead atoms. The van der Waals surface area contributed by atoms with Gasteiger partial charge in [0.15, 0.2) is 0 Å². The van der Waals surface area contributed by atoms with Crippen molar-refractivity contribution >= 4 is 17.6 Å². The van der Waals surface area contributed by atoms with Crippen molar-refractivity contribution < 1.29 is 10.0 Å². The number of carbonyl (C=O) groups excluding carboxylic acids is 1. The van der Waals surface area contributed by atoms with Crippen LogP contribution < -0.4 is 16.4 Å². The minimum absolute atomic E-state index is 0.149. The number of urea groups is 1. The summed E-state index contributed by atoms with van der Waals surface area (Å²) in [5.74, 6) is 0.149. The molecule has 6 nitrogen and oxygen atoms in total. The summed E-state index contributed by atoms with van der Waals surface area (Å²) in [6.45, 7) is 2.63. The Morgan fingerprint density at radius 1 is 1.39 bits per heavy atom. The molecule has 0 atom stereocenters. The van der Waals surface area contributed by atoms with Crippen LogP contribution in [-0.2, 0) is 6.42 Å². The first kappa shape index (κ1) is 13.8. The van der Waals surface area contributed by atoms with Crippen LogP contribution in [0.4, 0.5) is 10.5 Å². The number of nitrogens with one attached hydrogen (secondary N) is 2. The fourth-order valence-electron chi connectivity index (χ4n) is 1.36. The number of hydrogen-bond acceptors (Lipinski definition) is 3. The summed E-state index contributed by atoms with van der Waals surface area (Å²) in [4.78, 5) is 11.4. The quantitative estimate of drug-likeness (QED) is 0.276. The molecule has 0 aliphatic carbocycles. The molecule has 1 rings (SSSR count). The largest absolute Gasteiger partial charge is 0.409 e. The summed E-state index contributed by atoms with van der Waals surface area (Å²) in [5.41, 5.74) is 7.01. The zero-order valence-corrected chi connectivity index (χ0v) is 10.3. The van der Waals surface area contributed by atoms with E-state index in [1.54, 1.807) is 12.1 Å². The van der Waals surface area contributed by atoms with E-state index in [1.807, 2.05) is 19.1 Å².